The molecule has 2 heterocycles. The van der Waals surface area contributed by atoms with E-state index < -0.39 is 0 Å². The van der Waals surface area contributed by atoms with Gasteiger partial charge in [-0.15, -0.1) is 11.3 Å². The predicted octanol–water partition coefficient (Wildman–Crippen LogP) is 5.16. The molecule has 1 N–H and O–H groups in total. The Balaban J connectivity index is 1.78. The van der Waals surface area contributed by atoms with Crippen molar-refractivity contribution in [3.05, 3.63) is 81.7 Å². The number of thiophene rings is 1. The zero-order chi connectivity index (χ0) is 21.3. The molecule has 1 aliphatic heterocycles. The standard InChI is InChI=1S/C24H22N2O3S/c1-4-29-18-8-5-7-17(14-18)25-22-21(20-9-6-12-30-20)23(27)26(24(22)28)19-11-10-15(2)13-16(19)3/h5-14,25H,4H2,1-3H3. The summed E-state index contributed by atoms with van der Waals surface area (Å²) in [4.78, 5) is 28.9. The summed E-state index contributed by atoms with van der Waals surface area (Å²) < 4.78 is 5.56. The van der Waals surface area contributed by atoms with Crippen LogP contribution in [0.5, 0.6) is 5.75 Å². The molecule has 0 fully saturated rings. The maximum Gasteiger partial charge on any atom is 0.282 e. The molecule has 0 saturated carbocycles. The van der Waals surface area contributed by atoms with Crippen molar-refractivity contribution in [2.45, 2.75) is 20.8 Å². The Bertz CT molecular complexity index is 1150. The number of anilines is 2. The molecule has 2 aromatic carbocycles. The van der Waals surface area contributed by atoms with Crippen LogP contribution in [0.3, 0.4) is 0 Å². The number of aryl methyl sites for hydroxylation is 2. The van der Waals surface area contributed by atoms with E-state index in [2.05, 4.69) is 5.32 Å². The molecule has 6 heteroatoms. The van der Waals surface area contributed by atoms with E-state index in [1.165, 1.54) is 16.2 Å². The van der Waals surface area contributed by atoms with E-state index in [9.17, 15) is 9.59 Å². The van der Waals surface area contributed by atoms with E-state index in [1.807, 2.05) is 80.7 Å². The second-order valence-corrected chi connectivity index (χ2v) is 8.00. The lowest BCUT2D eigenvalue weighted by Crippen LogP contribution is -2.33. The van der Waals surface area contributed by atoms with Crippen molar-refractivity contribution in [3.63, 3.8) is 0 Å². The van der Waals surface area contributed by atoms with Crippen LogP contribution in [-0.4, -0.2) is 18.4 Å². The highest BCUT2D eigenvalue weighted by Crippen LogP contribution is 2.37. The number of hydrogen-bond acceptors (Lipinski definition) is 5. The molecule has 0 aliphatic carbocycles. The third-order valence-corrected chi connectivity index (χ3v) is 5.75. The number of nitrogens with zero attached hydrogens (tertiary/aromatic N) is 1. The molecule has 2 amide bonds. The molecule has 0 unspecified atom stereocenters. The van der Waals surface area contributed by atoms with Crippen LogP contribution in [0.1, 0.15) is 22.9 Å². The number of rotatable bonds is 6. The summed E-state index contributed by atoms with van der Waals surface area (Å²) in [6, 6.07) is 16.8. The summed E-state index contributed by atoms with van der Waals surface area (Å²) in [5, 5.41) is 5.08. The largest absolute Gasteiger partial charge is 0.494 e. The zero-order valence-corrected chi connectivity index (χ0v) is 17.9. The highest BCUT2D eigenvalue weighted by Gasteiger charge is 2.41. The van der Waals surface area contributed by atoms with Gasteiger partial charge in [-0.3, -0.25) is 9.59 Å². The molecular weight excluding hydrogens is 396 g/mol. The van der Waals surface area contributed by atoms with Gasteiger partial charge in [0.05, 0.1) is 17.9 Å². The monoisotopic (exact) mass is 418 g/mol. The highest BCUT2D eigenvalue weighted by atomic mass is 32.1. The Morgan fingerprint density at radius 2 is 1.83 bits per heavy atom. The molecule has 1 aliphatic rings. The molecular formula is C24H22N2O3S. The van der Waals surface area contributed by atoms with E-state index in [0.717, 1.165) is 16.0 Å². The average molecular weight is 419 g/mol. The van der Waals surface area contributed by atoms with Crippen LogP contribution in [0.25, 0.3) is 5.57 Å². The normalized spacial score (nSPS) is 13.9. The third-order valence-electron chi connectivity index (χ3n) is 4.86. The maximum atomic E-state index is 13.4. The fraction of sp³-hybridized carbons (Fsp3) is 0.167. The van der Waals surface area contributed by atoms with Crippen molar-refractivity contribution in [3.8, 4) is 5.75 Å². The van der Waals surface area contributed by atoms with E-state index in [0.29, 0.717) is 29.3 Å². The van der Waals surface area contributed by atoms with Gasteiger partial charge in [0.1, 0.15) is 11.4 Å². The lowest BCUT2D eigenvalue weighted by Gasteiger charge is -2.18. The molecule has 0 saturated heterocycles. The lowest BCUT2D eigenvalue weighted by molar-refractivity contribution is -0.120. The van der Waals surface area contributed by atoms with Crippen LogP contribution < -0.4 is 15.0 Å². The van der Waals surface area contributed by atoms with Crippen molar-refractivity contribution >= 4 is 40.1 Å². The summed E-state index contributed by atoms with van der Waals surface area (Å²) in [6.07, 6.45) is 0. The van der Waals surface area contributed by atoms with Crippen LogP contribution in [0.2, 0.25) is 0 Å². The first kappa shape index (κ1) is 19.9. The highest BCUT2D eigenvalue weighted by molar-refractivity contribution is 7.11. The number of benzene rings is 2. The minimum absolute atomic E-state index is 0.274. The zero-order valence-electron chi connectivity index (χ0n) is 17.1. The van der Waals surface area contributed by atoms with Crippen molar-refractivity contribution in [1.82, 2.24) is 0 Å². The molecule has 0 bridgehead atoms. The quantitative estimate of drug-likeness (QED) is 0.562. The van der Waals surface area contributed by atoms with Gasteiger partial charge in [-0.2, -0.15) is 0 Å². The molecule has 0 radical (unpaired) electrons. The topological polar surface area (TPSA) is 58.6 Å². The Morgan fingerprint density at radius 3 is 2.53 bits per heavy atom. The second-order valence-electron chi connectivity index (χ2n) is 7.05. The Morgan fingerprint density at radius 1 is 1.00 bits per heavy atom. The third kappa shape index (κ3) is 3.62. The molecule has 3 aromatic rings. The van der Waals surface area contributed by atoms with Gasteiger partial charge in [0.15, 0.2) is 0 Å². The summed E-state index contributed by atoms with van der Waals surface area (Å²) in [5.41, 5.74) is 3.90. The Hall–Kier alpha value is -3.38. The number of hydrogen-bond donors (Lipinski definition) is 1. The van der Waals surface area contributed by atoms with Crippen molar-refractivity contribution in [2.24, 2.45) is 0 Å². The number of imide groups is 1. The number of nitrogens with one attached hydrogen (secondary N) is 1. The van der Waals surface area contributed by atoms with Gasteiger partial charge in [0.25, 0.3) is 11.8 Å². The fourth-order valence-corrected chi connectivity index (χ4v) is 4.31. The second kappa shape index (κ2) is 8.16. The predicted molar refractivity (Wildman–Crippen MR) is 121 cm³/mol. The smallest absolute Gasteiger partial charge is 0.282 e. The van der Waals surface area contributed by atoms with Gasteiger partial charge < -0.3 is 10.1 Å². The minimum Gasteiger partial charge on any atom is -0.494 e. The number of amides is 2. The van der Waals surface area contributed by atoms with Gasteiger partial charge in [0.2, 0.25) is 0 Å². The molecule has 0 atom stereocenters. The van der Waals surface area contributed by atoms with Gasteiger partial charge >= 0.3 is 0 Å². The van der Waals surface area contributed by atoms with Crippen molar-refractivity contribution in [2.75, 3.05) is 16.8 Å². The Labute approximate surface area is 179 Å². The molecule has 152 valence electrons. The molecule has 5 nitrogen and oxygen atoms in total. The van der Waals surface area contributed by atoms with Crippen LogP contribution in [0.4, 0.5) is 11.4 Å². The number of carbonyl (C=O) groups excluding carboxylic acids is 2. The molecule has 30 heavy (non-hydrogen) atoms. The van der Waals surface area contributed by atoms with Gasteiger partial charge in [-0.1, -0.05) is 29.8 Å². The Kier molecular flexibility index (Phi) is 5.42. The maximum absolute atomic E-state index is 13.4. The summed E-state index contributed by atoms with van der Waals surface area (Å²) in [5.74, 6) is 0.0128. The van der Waals surface area contributed by atoms with Crippen LogP contribution in [-0.2, 0) is 9.59 Å². The molecule has 0 spiro atoms. The number of carbonyl (C=O) groups is 2. The fourth-order valence-electron chi connectivity index (χ4n) is 3.54. The first-order valence-electron chi connectivity index (χ1n) is 9.73. The summed E-state index contributed by atoms with van der Waals surface area (Å²) in [6.45, 7) is 6.35. The summed E-state index contributed by atoms with van der Waals surface area (Å²) in [7, 11) is 0. The van der Waals surface area contributed by atoms with Crippen LogP contribution >= 0.6 is 11.3 Å². The minimum atomic E-state index is -0.364. The van der Waals surface area contributed by atoms with E-state index >= 15 is 0 Å². The van der Waals surface area contributed by atoms with Crippen molar-refractivity contribution in [1.29, 1.82) is 0 Å². The number of ether oxygens (including phenoxy) is 1. The lowest BCUT2D eigenvalue weighted by atomic mass is 10.1. The van der Waals surface area contributed by atoms with E-state index in [1.54, 1.807) is 0 Å². The van der Waals surface area contributed by atoms with Crippen LogP contribution in [0.15, 0.2) is 65.7 Å². The van der Waals surface area contributed by atoms with Gasteiger partial charge in [-0.05, 0) is 56.0 Å². The average Bonchev–Trinajstić information content (AvgIpc) is 3.31. The molecule has 1 aromatic heterocycles. The first-order valence-corrected chi connectivity index (χ1v) is 10.6. The van der Waals surface area contributed by atoms with E-state index in [4.69, 9.17) is 4.74 Å². The molecule has 4 rings (SSSR count). The SMILES string of the molecule is CCOc1cccc(NC2=C(c3cccs3)C(=O)N(c3ccc(C)cc3C)C2=O)c1. The van der Waals surface area contributed by atoms with Gasteiger partial charge in [0, 0.05) is 16.6 Å². The first-order chi connectivity index (χ1) is 14.5. The van der Waals surface area contributed by atoms with E-state index in [-0.39, 0.29) is 17.5 Å². The van der Waals surface area contributed by atoms with Crippen molar-refractivity contribution < 1.29 is 14.3 Å². The van der Waals surface area contributed by atoms with Gasteiger partial charge in [-0.25, -0.2) is 4.90 Å². The summed E-state index contributed by atoms with van der Waals surface area (Å²) >= 11 is 1.43. The van der Waals surface area contributed by atoms with Crippen LogP contribution in [0, 0.1) is 13.8 Å².